The van der Waals surface area contributed by atoms with Crippen molar-refractivity contribution in [1.82, 2.24) is 4.72 Å². The van der Waals surface area contributed by atoms with Gasteiger partial charge in [-0.1, -0.05) is 64.9 Å². The Morgan fingerprint density at radius 2 is 1.91 bits per heavy atom. The maximum Gasteiger partial charge on any atom is 0.136 e. The second kappa shape index (κ2) is 12.3. The summed E-state index contributed by atoms with van der Waals surface area (Å²) in [6.07, 6.45) is -0.188. The average Bonchev–Trinajstić information content (AvgIpc) is 2.80. The molecule has 1 heterocycles. The number of nitrogens with zero attached hydrogens (tertiary/aromatic N) is 3. The highest BCUT2D eigenvalue weighted by atomic mass is 32.2. The van der Waals surface area contributed by atoms with Crippen molar-refractivity contribution in [3.05, 3.63) is 76.2 Å². The zero-order valence-corrected chi connectivity index (χ0v) is 22.0. The molecule has 0 bridgehead atoms. The summed E-state index contributed by atoms with van der Waals surface area (Å²) in [5, 5.41) is 4.05. The van der Waals surface area contributed by atoms with Gasteiger partial charge < -0.3 is 14.0 Å². The predicted molar refractivity (Wildman–Crippen MR) is 139 cm³/mol. The number of benzene rings is 2. The Kier molecular flexibility index (Phi) is 9.74. The molecule has 1 N–H and O–H groups in total. The number of azide groups is 1. The smallest absolute Gasteiger partial charge is 0.136 e. The standard InChI is InChI=1S/C25H34N4O3S2/c1-17-11-13-20(14-12-17)33-24-21(27-29-26)15-22(31-16-19-9-7-6-8-10-19)23(32-24)18(2)28-34(30)25(3,4)5/h6-14,18,21-24,28H,15-16H2,1-5H3/t18-,21+,22-,23+,24-,34+/m0/s1. The minimum absolute atomic E-state index is 0.242. The molecular formula is C25H34N4O3S2. The Hall–Kier alpha value is -1.71. The van der Waals surface area contributed by atoms with Gasteiger partial charge in [0.25, 0.3) is 0 Å². The SMILES string of the molecule is Cc1ccc(S[C@@H]2O[C@H]([C@H](C)N[S@+]([O-])C(C)(C)C)[C@@H](OCc3ccccc3)C[C@H]2N=[N+]=[N-])cc1. The summed E-state index contributed by atoms with van der Waals surface area (Å²) in [6.45, 7) is 10.2. The van der Waals surface area contributed by atoms with E-state index in [2.05, 4.69) is 14.7 Å². The molecule has 0 radical (unpaired) electrons. The molecule has 7 nitrogen and oxygen atoms in total. The lowest BCUT2D eigenvalue weighted by atomic mass is 9.97. The summed E-state index contributed by atoms with van der Waals surface area (Å²) in [7, 11) is 0. The minimum atomic E-state index is -1.26. The van der Waals surface area contributed by atoms with Crippen LogP contribution in [0.2, 0.25) is 0 Å². The van der Waals surface area contributed by atoms with Crippen LogP contribution < -0.4 is 4.72 Å². The maximum absolute atomic E-state index is 12.8. The molecule has 0 aromatic heterocycles. The lowest BCUT2D eigenvalue weighted by molar-refractivity contribution is -0.135. The molecule has 0 unspecified atom stereocenters. The van der Waals surface area contributed by atoms with Crippen LogP contribution in [0.1, 0.15) is 45.2 Å². The van der Waals surface area contributed by atoms with Crippen molar-refractivity contribution in [2.45, 2.75) is 87.0 Å². The fourth-order valence-electron chi connectivity index (χ4n) is 3.63. The van der Waals surface area contributed by atoms with Gasteiger partial charge in [0.2, 0.25) is 0 Å². The number of rotatable bonds is 9. The van der Waals surface area contributed by atoms with E-state index in [9.17, 15) is 10.1 Å². The highest BCUT2D eigenvalue weighted by molar-refractivity contribution is 7.99. The van der Waals surface area contributed by atoms with Gasteiger partial charge >= 0.3 is 0 Å². The topological polar surface area (TPSA) is 102 Å². The second-order valence-corrected chi connectivity index (χ2v) is 12.7. The number of hydrogen-bond acceptors (Lipinski definition) is 6. The van der Waals surface area contributed by atoms with E-state index in [1.807, 2.05) is 89.2 Å². The molecule has 9 heteroatoms. The van der Waals surface area contributed by atoms with E-state index in [-0.39, 0.29) is 23.7 Å². The van der Waals surface area contributed by atoms with Crippen LogP contribution in [0.15, 0.2) is 64.6 Å². The Balaban J connectivity index is 1.81. The number of aryl methyl sites for hydroxylation is 1. The molecule has 0 amide bonds. The number of ether oxygens (including phenoxy) is 2. The van der Waals surface area contributed by atoms with E-state index in [0.29, 0.717) is 13.0 Å². The summed E-state index contributed by atoms with van der Waals surface area (Å²) in [5.41, 5.74) is 11.1. The molecule has 6 atom stereocenters. The summed E-state index contributed by atoms with van der Waals surface area (Å²) in [5.74, 6) is 0. The summed E-state index contributed by atoms with van der Waals surface area (Å²) >= 11 is 0.275. The molecule has 0 aliphatic carbocycles. The summed E-state index contributed by atoms with van der Waals surface area (Å²) < 4.78 is 28.5. The monoisotopic (exact) mass is 502 g/mol. The van der Waals surface area contributed by atoms with E-state index in [0.717, 1.165) is 10.5 Å². The van der Waals surface area contributed by atoms with Gasteiger partial charge in [-0.3, -0.25) is 0 Å². The molecule has 3 rings (SSSR count). The van der Waals surface area contributed by atoms with Crippen LogP contribution in [0.3, 0.4) is 0 Å². The van der Waals surface area contributed by atoms with Crippen LogP contribution in [0.5, 0.6) is 0 Å². The first-order valence-corrected chi connectivity index (χ1v) is 13.5. The zero-order valence-electron chi connectivity index (χ0n) is 20.4. The highest BCUT2D eigenvalue weighted by Crippen LogP contribution is 2.37. The fourth-order valence-corrected chi connectivity index (χ4v) is 5.53. The van der Waals surface area contributed by atoms with Crippen LogP contribution in [0, 0.1) is 6.92 Å². The molecule has 1 fully saturated rings. The molecule has 1 saturated heterocycles. The first kappa shape index (κ1) is 26.9. The third-order valence-corrected chi connectivity index (χ3v) is 8.47. The van der Waals surface area contributed by atoms with Gasteiger partial charge in [-0.05, 0) is 64.3 Å². The molecule has 0 spiro atoms. The van der Waals surface area contributed by atoms with Crippen molar-refractivity contribution in [2.75, 3.05) is 0 Å². The van der Waals surface area contributed by atoms with Crippen LogP contribution in [0.25, 0.3) is 10.4 Å². The second-order valence-electron chi connectivity index (χ2n) is 9.53. The summed E-state index contributed by atoms with van der Waals surface area (Å²) in [4.78, 5) is 4.12. The van der Waals surface area contributed by atoms with Gasteiger partial charge in [-0.15, -0.1) is 4.72 Å². The number of thioether (sulfide) groups is 1. The molecule has 1 aliphatic rings. The predicted octanol–water partition coefficient (Wildman–Crippen LogP) is 5.91. The highest BCUT2D eigenvalue weighted by Gasteiger charge is 2.43. The Morgan fingerprint density at radius 1 is 1.24 bits per heavy atom. The first-order chi connectivity index (χ1) is 16.2. The Bertz CT molecular complexity index is 949. The van der Waals surface area contributed by atoms with E-state index in [1.54, 1.807) is 0 Å². The van der Waals surface area contributed by atoms with Crippen LogP contribution in [0.4, 0.5) is 0 Å². The van der Waals surface area contributed by atoms with Gasteiger partial charge in [-0.25, -0.2) is 0 Å². The van der Waals surface area contributed by atoms with Crippen LogP contribution in [-0.4, -0.2) is 39.0 Å². The average molecular weight is 503 g/mol. The van der Waals surface area contributed by atoms with Gasteiger partial charge in [0, 0.05) is 21.2 Å². The largest absolute Gasteiger partial charge is 0.598 e. The van der Waals surface area contributed by atoms with E-state index >= 15 is 0 Å². The van der Waals surface area contributed by atoms with Crippen molar-refractivity contribution in [3.63, 3.8) is 0 Å². The zero-order chi connectivity index (χ0) is 24.7. The fraction of sp³-hybridized carbons (Fsp3) is 0.520. The lowest BCUT2D eigenvalue weighted by Crippen LogP contribution is -2.57. The third-order valence-electron chi connectivity index (χ3n) is 5.57. The first-order valence-electron chi connectivity index (χ1n) is 11.4. The normalized spacial score (nSPS) is 24.8. The minimum Gasteiger partial charge on any atom is -0.598 e. The molecule has 2 aromatic carbocycles. The molecule has 34 heavy (non-hydrogen) atoms. The van der Waals surface area contributed by atoms with Crippen LogP contribution >= 0.6 is 11.8 Å². The van der Waals surface area contributed by atoms with Gasteiger partial charge in [0.05, 0.1) is 24.8 Å². The van der Waals surface area contributed by atoms with Crippen molar-refractivity contribution in [1.29, 1.82) is 0 Å². The van der Waals surface area contributed by atoms with Crippen molar-refractivity contribution >= 4 is 23.1 Å². The Morgan fingerprint density at radius 3 is 2.53 bits per heavy atom. The Labute approximate surface area is 209 Å². The van der Waals surface area contributed by atoms with Crippen molar-refractivity contribution in [2.24, 2.45) is 5.11 Å². The molecule has 2 aromatic rings. The number of nitrogens with one attached hydrogen (secondary N) is 1. The van der Waals surface area contributed by atoms with Crippen molar-refractivity contribution in [3.8, 4) is 0 Å². The lowest BCUT2D eigenvalue weighted by Gasteiger charge is -2.42. The molecular weight excluding hydrogens is 468 g/mol. The maximum atomic E-state index is 12.8. The molecule has 184 valence electrons. The van der Waals surface area contributed by atoms with Crippen molar-refractivity contribution < 1.29 is 14.0 Å². The van der Waals surface area contributed by atoms with Gasteiger partial charge in [0.15, 0.2) is 0 Å². The number of hydrogen-bond donors (Lipinski definition) is 1. The van der Waals surface area contributed by atoms with E-state index in [1.165, 1.54) is 17.3 Å². The molecule has 1 aliphatic heterocycles. The third kappa shape index (κ3) is 7.65. The summed E-state index contributed by atoms with van der Waals surface area (Å²) in [6, 6.07) is 17.5. The van der Waals surface area contributed by atoms with E-state index < -0.39 is 22.2 Å². The quantitative estimate of drug-likeness (QED) is 0.199. The van der Waals surface area contributed by atoms with Gasteiger partial charge in [-0.2, -0.15) is 0 Å². The molecule has 0 saturated carbocycles. The van der Waals surface area contributed by atoms with Crippen LogP contribution in [-0.2, 0) is 27.4 Å². The van der Waals surface area contributed by atoms with E-state index in [4.69, 9.17) is 9.47 Å². The van der Waals surface area contributed by atoms with Gasteiger partial charge in [0.1, 0.15) is 16.3 Å².